The molecule has 0 aliphatic heterocycles. The number of hydrogen-bond donors (Lipinski definition) is 2. The van der Waals surface area contributed by atoms with Crippen molar-refractivity contribution in [3.8, 4) is 0 Å². The molecule has 0 fully saturated rings. The average molecular weight is 392 g/mol. The van der Waals surface area contributed by atoms with Crippen molar-refractivity contribution in [2.75, 3.05) is 17.7 Å². The second-order valence-electron chi connectivity index (χ2n) is 6.90. The number of rotatable bonds is 5. The van der Waals surface area contributed by atoms with Gasteiger partial charge in [0.2, 0.25) is 0 Å². The van der Waals surface area contributed by atoms with Gasteiger partial charge < -0.3 is 15.8 Å². The second-order valence-corrected chi connectivity index (χ2v) is 6.90. The maximum absolute atomic E-state index is 12.7. The fourth-order valence-corrected chi connectivity index (χ4v) is 3.55. The van der Waals surface area contributed by atoms with Crippen LogP contribution in [0.1, 0.15) is 48.1 Å². The van der Waals surface area contributed by atoms with Gasteiger partial charge in [-0.15, -0.1) is 0 Å². The largest absolute Gasteiger partial charge is 0.466 e. The van der Waals surface area contributed by atoms with Crippen molar-refractivity contribution in [2.45, 2.75) is 44.8 Å². The van der Waals surface area contributed by atoms with Crippen LogP contribution < -0.4 is 11.1 Å². The van der Waals surface area contributed by atoms with Crippen molar-refractivity contribution in [3.05, 3.63) is 58.7 Å². The van der Waals surface area contributed by atoms with Gasteiger partial charge in [0.1, 0.15) is 0 Å². The summed E-state index contributed by atoms with van der Waals surface area (Å²) in [6.07, 6.45) is -1.56. The van der Waals surface area contributed by atoms with E-state index in [0.29, 0.717) is 18.0 Å². The zero-order chi connectivity index (χ0) is 20.3. The zero-order valence-corrected chi connectivity index (χ0v) is 15.6. The highest BCUT2D eigenvalue weighted by atomic mass is 19.4. The maximum atomic E-state index is 12.7. The fraction of sp³-hybridized carbons (Fsp3) is 0.381. The Morgan fingerprint density at radius 2 is 1.96 bits per heavy atom. The van der Waals surface area contributed by atoms with Crippen molar-refractivity contribution in [1.82, 2.24) is 0 Å². The van der Waals surface area contributed by atoms with E-state index in [9.17, 15) is 18.0 Å². The number of esters is 1. The first-order valence-corrected chi connectivity index (χ1v) is 9.28. The molecule has 2 aromatic rings. The lowest BCUT2D eigenvalue weighted by Crippen LogP contribution is -2.19. The van der Waals surface area contributed by atoms with E-state index in [0.717, 1.165) is 48.1 Å². The normalized spacial score (nSPS) is 16.4. The Hall–Kier alpha value is -2.70. The Kier molecular flexibility index (Phi) is 5.82. The summed E-state index contributed by atoms with van der Waals surface area (Å²) >= 11 is 0. The minimum absolute atomic E-state index is 0.0422. The average Bonchev–Trinajstić information content (AvgIpc) is 2.63. The van der Waals surface area contributed by atoms with Crippen molar-refractivity contribution in [2.24, 2.45) is 0 Å². The van der Waals surface area contributed by atoms with Crippen LogP contribution in [0.25, 0.3) is 0 Å². The minimum atomic E-state index is -4.35. The molecule has 0 amide bonds. The van der Waals surface area contributed by atoms with Crippen LogP contribution in [0.15, 0.2) is 36.4 Å². The van der Waals surface area contributed by atoms with Gasteiger partial charge in [-0.2, -0.15) is 13.2 Å². The summed E-state index contributed by atoms with van der Waals surface area (Å²) in [4.78, 5) is 11.8. The molecule has 1 unspecified atom stereocenters. The molecule has 2 aromatic carbocycles. The third-order valence-electron chi connectivity index (χ3n) is 4.91. The molecule has 0 saturated carbocycles. The quantitative estimate of drug-likeness (QED) is 0.562. The van der Waals surface area contributed by atoms with Crippen LogP contribution in [0.2, 0.25) is 0 Å². The smallest absolute Gasteiger partial charge is 0.416 e. The van der Waals surface area contributed by atoms with E-state index in [1.807, 2.05) is 12.1 Å². The molecule has 0 radical (unpaired) electrons. The molecule has 150 valence electrons. The van der Waals surface area contributed by atoms with E-state index in [2.05, 4.69) is 5.32 Å². The standard InChI is InChI=1S/C21H23F3N2O2/c1-2-28-20(27)11-14-10-13-4-3-5-19(17(13)12-18(14)25)26-16-8-6-15(7-9-16)21(22,23)24/h6-10,12,19,26H,2-5,11,25H2,1H3. The molecule has 0 saturated heterocycles. The molecular weight excluding hydrogens is 369 g/mol. The van der Waals surface area contributed by atoms with Gasteiger partial charge in [0, 0.05) is 11.4 Å². The van der Waals surface area contributed by atoms with Gasteiger partial charge >= 0.3 is 12.1 Å². The monoisotopic (exact) mass is 392 g/mol. The molecule has 0 aromatic heterocycles. The highest BCUT2D eigenvalue weighted by Crippen LogP contribution is 2.36. The molecule has 4 nitrogen and oxygen atoms in total. The number of nitrogens with one attached hydrogen (secondary N) is 1. The summed E-state index contributed by atoms with van der Waals surface area (Å²) in [6, 6.07) is 8.79. The first-order chi connectivity index (χ1) is 13.3. The molecule has 0 bridgehead atoms. The first kappa shape index (κ1) is 20.0. The van der Waals surface area contributed by atoms with E-state index >= 15 is 0 Å². The second kappa shape index (κ2) is 8.12. The van der Waals surface area contributed by atoms with Crippen molar-refractivity contribution in [3.63, 3.8) is 0 Å². The van der Waals surface area contributed by atoms with Crippen molar-refractivity contribution < 1.29 is 22.7 Å². The van der Waals surface area contributed by atoms with E-state index in [1.54, 1.807) is 6.92 Å². The number of fused-ring (bicyclic) bond motifs is 1. The number of carbonyl (C=O) groups excluding carboxylic acids is 1. The van der Waals surface area contributed by atoms with E-state index in [-0.39, 0.29) is 18.4 Å². The summed E-state index contributed by atoms with van der Waals surface area (Å²) in [5.74, 6) is -0.315. The predicted octanol–water partition coefficient (Wildman–Crippen LogP) is 4.88. The Morgan fingerprint density at radius 3 is 2.61 bits per heavy atom. The van der Waals surface area contributed by atoms with Crippen LogP contribution in [0.5, 0.6) is 0 Å². The Bertz CT molecular complexity index is 848. The van der Waals surface area contributed by atoms with E-state index in [4.69, 9.17) is 10.5 Å². The number of benzene rings is 2. The van der Waals surface area contributed by atoms with Crippen LogP contribution >= 0.6 is 0 Å². The number of anilines is 2. The van der Waals surface area contributed by atoms with Crippen molar-refractivity contribution in [1.29, 1.82) is 0 Å². The summed E-state index contributed by atoms with van der Waals surface area (Å²) in [7, 11) is 0. The number of ether oxygens (including phenoxy) is 1. The number of alkyl halides is 3. The van der Waals surface area contributed by atoms with Gasteiger partial charge in [0.05, 0.1) is 24.6 Å². The van der Waals surface area contributed by atoms with E-state index < -0.39 is 11.7 Å². The number of halogens is 3. The Morgan fingerprint density at radius 1 is 1.25 bits per heavy atom. The summed E-state index contributed by atoms with van der Waals surface area (Å²) < 4.78 is 43.2. The molecule has 3 rings (SSSR count). The van der Waals surface area contributed by atoms with E-state index in [1.165, 1.54) is 12.1 Å². The molecule has 1 atom stereocenters. The molecule has 7 heteroatoms. The third kappa shape index (κ3) is 4.58. The van der Waals surface area contributed by atoms with Gasteiger partial charge in [-0.3, -0.25) is 4.79 Å². The van der Waals surface area contributed by atoms with Gasteiger partial charge in [-0.1, -0.05) is 6.07 Å². The molecule has 1 aliphatic carbocycles. The minimum Gasteiger partial charge on any atom is -0.466 e. The van der Waals surface area contributed by atoms with Crippen LogP contribution in [-0.2, 0) is 28.5 Å². The Labute approximate surface area is 161 Å². The molecular formula is C21H23F3N2O2. The van der Waals surface area contributed by atoms with Gasteiger partial charge in [-0.25, -0.2) is 0 Å². The summed E-state index contributed by atoms with van der Waals surface area (Å²) in [5.41, 5.74) is 9.50. The lowest BCUT2D eigenvalue weighted by Gasteiger charge is -2.28. The number of carbonyl (C=O) groups is 1. The zero-order valence-electron chi connectivity index (χ0n) is 15.6. The molecule has 0 spiro atoms. The first-order valence-electron chi connectivity index (χ1n) is 9.28. The van der Waals surface area contributed by atoms with Gasteiger partial charge in [0.15, 0.2) is 0 Å². The van der Waals surface area contributed by atoms with Crippen LogP contribution in [-0.4, -0.2) is 12.6 Å². The SMILES string of the molecule is CCOC(=O)Cc1cc2c(cc1N)C(Nc1ccc(C(F)(F)F)cc1)CCC2. The fourth-order valence-electron chi connectivity index (χ4n) is 3.55. The van der Waals surface area contributed by atoms with Gasteiger partial charge in [0.25, 0.3) is 0 Å². The highest BCUT2D eigenvalue weighted by molar-refractivity contribution is 5.75. The van der Waals surface area contributed by atoms with Crippen LogP contribution in [0.4, 0.5) is 24.5 Å². The number of nitrogen functional groups attached to an aromatic ring is 1. The third-order valence-corrected chi connectivity index (χ3v) is 4.91. The molecule has 3 N–H and O–H groups in total. The predicted molar refractivity (Wildman–Crippen MR) is 102 cm³/mol. The maximum Gasteiger partial charge on any atom is 0.416 e. The summed E-state index contributed by atoms with van der Waals surface area (Å²) in [5, 5.41) is 3.31. The molecule has 28 heavy (non-hydrogen) atoms. The van der Waals surface area contributed by atoms with Crippen LogP contribution in [0, 0.1) is 0 Å². The number of aryl methyl sites for hydroxylation is 1. The Balaban J connectivity index is 1.79. The van der Waals surface area contributed by atoms with Gasteiger partial charge in [-0.05, 0) is 73.2 Å². The topological polar surface area (TPSA) is 64.3 Å². The number of nitrogens with two attached hydrogens (primary N) is 1. The molecule has 1 aliphatic rings. The number of hydrogen-bond acceptors (Lipinski definition) is 4. The lowest BCUT2D eigenvalue weighted by atomic mass is 9.85. The molecule has 0 heterocycles. The lowest BCUT2D eigenvalue weighted by molar-refractivity contribution is -0.142. The highest BCUT2D eigenvalue weighted by Gasteiger charge is 2.30. The summed E-state index contributed by atoms with van der Waals surface area (Å²) in [6.45, 7) is 2.08. The van der Waals surface area contributed by atoms with Crippen molar-refractivity contribution >= 4 is 17.3 Å². The van der Waals surface area contributed by atoms with Crippen LogP contribution in [0.3, 0.4) is 0 Å².